The fraction of sp³-hybridized carbons (Fsp3) is 0.115. The molecule has 4 aromatic rings. The van der Waals surface area contributed by atoms with Crippen molar-refractivity contribution in [1.82, 2.24) is 4.98 Å². The molecule has 5 rings (SSSR count). The Kier molecular flexibility index (Phi) is 5.51. The summed E-state index contributed by atoms with van der Waals surface area (Å²) in [6.45, 7) is 0.157. The number of anilines is 1. The maximum absolute atomic E-state index is 15.0. The highest BCUT2D eigenvalue weighted by atomic mass is 19.1. The second kappa shape index (κ2) is 8.66. The third kappa shape index (κ3) is 3.80. The van der Waals surface area contributed by atoms with E-state index in [0.717, 1.165) is 11.6 Å². The lowest BCUT2D eigenvalue weighted by atomic mass is 10.1. The number of ether oxygens (including phenoxy) is 2. The van der Waals surface area contributed by atoms with Gasteiger partial charge in [-0.15, -0.1) is 0 Å². The van der Waals surface area contributed by atoms with E-state index in [0.29, 0.717) is 33.8 Å². The molecule has 3 aromatic carbocycles. The van der Waals surface area contributed by atoms with Crippen molar-refractivity contribution < 1.29 is 27.9 Å². The second-order valence-electron chi connectivity index (χ2n) is 8.00. The number of methoxy groups -OCH3 is 1. The molecule has 1 unspecified atom stereocenters. The Bertz CT molecular complexity index is 1520. The van der Waals surface area contributed by atoms with Crippen LogP contribution in [-0.2, 0) is 6.61 Å². The van der Waals surface area contributed by atoms with E-state index in [4.69, 9.17) is 14.7 Å². The summed E-state index contributed by atoms with van der Waals surface area (Å²) in [5, 5.41) is 9.66. The fourth-order valence-corrected chi connectivity index (χ4v) is 4.14. The average Bonchev–Trinajstić information content (AvgIpc) is 3.13. The van der Waals surface area contributed by atoms with Crippen LogP contribution in [0.1, 0.15) is 11.1 Å². The molecule has 174 valence electrons. The predicted octanol–water partition coefficient (Wildman–Crippen LogP) is 4.39. The van der Waals surface area contributed by atoms with E-state index in [1.807, 2.05) is 6.07 Å². The van der Waals surface area contributed by atoms with Crippen molar-refractivity contribution >= 4 is 34.0 Å². The van der Waals surface area contributed by atoms with Crippen LogP contribution in [0.3, 0.4) is 0 Å². The number of fused-ring (bicyclic) bond motifs is 3. The van der Waals surface area contributed by atoms with Crippen LogP contribution in [0.25, 0.3) is 10.9 Å². The number of nitriles is 1. The highest BCUT2D eigenvalue weighted by Gasteiger charge is 2.43. The fourth-order valence-electron chi connectivity index (χ4n) is 4.14. The van der Waals surface area contributed by atoms with Crippen LogP contribution < -0.4 is 19.3 Å². The zero-order chi connectivity index (χ0) is 24.7. The van der Waals surface area contributed by atoms with Crippen LogP contribution in [0.2, 0.25) is 0 Å². The van der Waals surface area contributed by atoms with Crippen molar-refractivity contribution in [3.05, 3.63) is 83.6 Å². The second-order valence-corrected chi connectivity index (χ2v) is 8.00. The monoisotopic (exact) mass is 473 g/mol. The summed E-state index contributed by atoms with van der Waals surface area (Å²) in [5.41, 5.74) is 2.58. The largest absolute Gasteiger partial charge is 0.493 e. The molecule has 1 atom stereocenters. The van der Waals surface area contributed by atoms with E-state index >= 15 is 0 Å². The van der Waals surface area contributed by atoms with Crippen molar-refractivity contribution in [1.29, 1.82) is 5.26 Å². The Hall–Kier alpha value is -4.55. The Morgan fingerprint density at radius 2 is 1.86 bits per heavy atom. The number of urea groups is 1. The van der Waals surface area contributed by atoms with Gasteiger partial charge in [0.15, 0.2) is 28.7 Å². The maximum atomic E-state index is 15.0. The van der Waals surface area contributed by atoms with Gasteiger partial charge in [-0.1, -0.05) is 12.1 Å². The third-order valence-corrected chi connectivity index (χ3v) is 5.94. The lowest BCUT2D eigenvalue weighted by Crippen LogP contribution is -3.05. The van der Waals surface area contributed by atoms with Gasteiger partial charge in [0.1, 0.15) is 18.1 Å². The van der Waals surface area contributed by atoms with Gasteiger partial charge in [0.2, 0.25) is 0 Å². The number of benzene rings is 3. The number of hydrogen-bond acceptors (Lipinski definition) is 5. The summed E-state index contributed by atoms with van der Waals surface area (Å²) in [6.07, 6.45) is 1.56. The van der Waals surface area contributed by atoms with Gasteiger partial charge < -0.3 is 9.47 Å². The van der Waals surface area contributed by atoms with Crippen LogP contribution >= 0.6 is 0 Å². The summed E-state index contributed by atoms with van der Waals surface area (Å²) in [6, 6.07) is 14.9. The molecule has 0 fully saturated rings. The summed E-state index contributed by atoms with van der Waals surface area (Å²) in [4.78, 5) is 19.3. The molecule has 0 saturated carbocycles. The number of quaternary nitrogens is 1. The van der Waals surface area contributed by atoms with Gasteiger partial charge in [-0.25, -0.2) is 13.6 Å². The SMILES string of the molecule is COc1cc2ncc3c(c2cc1OCc1ccc(F)cc1)[NH+](c1ccc(C#N)cc1F)C(=O)N3C. The van der Waals surface area contributed by atoms with Gasteiger partial charge in [-0.2, -0.15) is 10.2 Å². The lowest BCUT2D eigenvalue weighted by Gasteiger charge is -2.15. The van der Waals surface area contributed by atoms with Gasteiger partial charge in [0.05, 0.1) is 35.8 Å². The zero-order valence-electron chi connectivity index (χ0n) is 18.8. The first-order valence-electron chi connectivity index (χ1n) is 10.6. The molecule has 0 radical (unpaired) electrons. The molecule has 2 amide bonds. The molecule has 0 spiro atoms. The van der Waals surface area contributed by atoms with E-state index in [-0.39, 0.29) is 34.6 Å². The quantitative estimate of drug-likeness (QED) is 0.465. The van der Waals surface area contributed by atoms with Crippen molar-refractivity contribution in [2.45, 2.75) is 6.61 Å². The number of carbonyl (C=O) groups excluding carboxylic acids is 1. The van der Waals surface area contributed by atoms with Gasteiger partial charge in [-0.3, -0.25) is 9.88 Å². The van der Waals surface area contributed by atoms with Gasteiger partial charge in [0.25, 0.3) is 0 Å². The average molecular weight is 473 g/mol. The smallest absolute Gasteiger partial charge is 0.432 e. The molecule has 0 bridgehead atoms. The molecule has 1 aromatic heterocycles. The Balaban J connectivity index is 1.64. The van der Waals surface area contributed by atoms with E-state index in [2.05, 4.69) is 4.98 Å². The standard InChI is InChI=1S/C26H18F2N4O3/c1-31-22-13-30-20-11-23(34-2)24(35-14-15-3-6-17(27)7-4-15)10-18(20)25(22)32(26(31)33)21-8-5-16(12-29)9-19(21)28/h3-11,13H,14H2,1-2H3/p+1. The summed E-state index contributed by atoms with van der Waals surface area (Å²) in [7, 11) is 3.10. The molecule has 2 heterocycles. The predicted molar refractivity (Wildman–Crippen MR) is 124 cm³/mol. The number of rotatable bonds is 5. The topological polar surface area (TPSA) is 79.9 Å². The Morgan fingerprint density at radius 1 is 1.09 bits per heavy atom. The Labute approximate surface area is 199 Å². The molecule has 9 heteroatoms. The molecule has 1 aliphatic rings. The highest BCUT2D eigenvalue weighted by Crippen LogP contribution is 2.40. The molecule has 35 heavy (non-hydrogen) atoms. The molecule has 0 aliphatic carbocycles. The first-order valence-corrected chi connectivity index (χ1v) is 10.6. The summed E-state index contributed by atoms with van der Waals surface area (Å²) >= 11 is 0. The van der Waals surface area contributed by atoms with Gasteiger partial charge >= 0.3 is 6.03 Å². The van der Waals surface area contributed by atoms with E-state index in [1.54, 1.807) is 37.5 Å². The normalized spacial score (nSPS) is 14.7. The maximum Gasteiger partial charge on any atom is 0.432 e. The molecule has 1 aliphatic heterocycles. The first kappa shape index (κ1) is 22.3. The van der Waals surface area contributed by atoms with Crippen LogP contribution in [0.4, 0.5) is 30.6 Å². The minimum Gasteiger partial charge on any atom is -0.493 e. The van der Waals surface area contributed by atoms with Crippen LogP contribution in [0.15, 0.2) is 60.8 Å². The highest BCUT2D eigenvalue weighted by molar-refractivity contribution is 6.06. The minimum atomic E-state index is -0.667. The number of aromatic nitrogens is 1. The van der Waals surface area contributed by atoms with Crippen LogP contribution in [-0.4, -0.2) is 25.2 Å². The number of amides is 2. The van der Waals surface area contributed by atoms with E-state index in [9.17, 15) is 13.6 Å². The summed E-state index contributed by atoms with van der Waals surface area (Å²) < 4.78 is 39.7. The minimum absolute atomic E-state index is 0.0942. The molecular formula is C26H19F2N4O3+. The Morgan fingerprint density at radius 3 is 2.54 bits per heavy atom. The number of carbonyl (C=O) groups is 1. The van der Waals surface area contributed by atoms with Crippen molar-refractivity contribution in [3.63, 3.8) is 0 Å². The van der Waals surface area contributed by atoms with Crippen LogP contribution in [0.5, 0.6) is 11.5 Å². The van der Waals surface area contributed by atoms with Crippen LogP contribution in [0, 0.1) is 23.0 Å². The van der Waals surface area contributed by atoms with E-state index < -0.39 is 5.82 Å². The van der Waals surface area contributed by atoms with Crippen molar-refractivity contribution in [2.24, 2.45) is 0 Å². The van der Waals surface area contributed by atoms with Crippen molar-refractivity contribution in [3.8, 4) is 17.6 Å². The summed E-state index contributed by atoms with van der Waals surface area (Å²) in [5.74, 6) is -0.192. The lowest BCUT2D eigenvalue weighted by molar-refractivity contribution is -0.657. The first-order chi connectivity index (χ1) is 16.9. The van der Waals surface area contributed by atoms with Gasteiger partial charge in [0, 0.05) is 19.2 Å². The number of nitrogens with one attached hydrogen (secondary N) is 1. The molecule has 0 saturated heterocycles. The third-order valence-electron chi connectivity index (χ3n) is 5.94. The van der Waals surface area contributed by atoms with Crippen molar-refractivity contribution in [2.75, 3.05) is 19.1 Å². The number of halogens is 2. The zero-order valence-corrected chi connectivity index (χ0v) is 18.8. The van der Waals surface area contributed by atoms with Gasteiger partial charge in [-0.05, 0) is 35.9 Å². The molecule has 7 nitrogen and oxygen atoms in total. The molecule has 1 N–H and O–H groups in total. The van der Waals surface area contributed by atoms with E-state index in [1.165, 1.54) is 36.3 Å². The number of hydrogen-bond donors (Lipinski definition) is 1. The molecular weight excluding hydrogens is 454 g/mol. The number of nitrogens with zero attached hydrogens (tertiary/aromatic N) is 3. The number of pyridine rings is 1.